The first kappa shape index (κ1) is 36.1. The van der Waals surface area contributed by atoms with Gasteiger partial charge in [0.2, 0.25) is 0 Å². The summed E-state index contributed by atoms with van der Waals surface area (Å²) in [7, 11) is -8.26. The van der Waals surface area contributed by atoms with E-state index in [0.29, 0.717) is 6.42 Å². The monoisotopic (exact) mass is 640 g/mol. The maximum absolute atomic E-state index is 11.5. The van der Waals surface area contributed by atoms with E-state index in [0.717, 1.165) is 41.5 Å². The summed E-state index contributed by atoms with van der Waals surface area (Å²) in [4.78, 5) is 0. The molecule has 0 fully saturated rings. The van der Waals surface area contributed by atoms with Crippen LogP contribution < -0.4 is 18.6 Å². The van der Waals surface area contributed by atoms with Gasteiger partial charge in [0.1, 0.15) is 11.5 Å². The first-order valence-electron chi connectivity index (χ1n) is 15.0. The molecule has 2 aromatic carbocycles. The molecule has 4 N–H and O–H groups in total. The van der Waals surface area contributed by atoms with Crippen molar-refractivity contribution in [2.45, 2.75) is 97.3 Å². The molecule has 0 saturated heterocycles. The van der Waals surface area contributed by atoms with Gasteiger partial charge in [0.15, 0.2) is 0 Å². The van der Waals surface area contributed by atoms with Crippen LogP contribution in [-0.2, 0) is 20.6 Å². The van der Waals surface area contributed by atoms with Crippen LogP contribution in [0.15, 0.2) is 48.5 Å². The van der Waals surface area contributed by atoms with Crippen LogP contribution in [0.2, 0.25) is 0 Å². The molecule has 0 atom stereocenters. The number of nitrogens with two attached hydrogens (primary N) is 2. The van der Waals surface area contributed by atoms with Crippen molar-refractivity contribution in [1.82, 2.24) is 0 Å². The minimum atomic E-state index is -4.15. The SMILES string of the molecule is CCCCCSCCCCCCCCCC/C(=C(/CC)c1cccc(OS(N)(=O)=O)c1)c1ccc(OS(N)(=O)=O)cc1. The van der Waals surface area contributed by atoms with Crippen molar-refractivity contribution < 1.29 is 25.2 Å². The van der Waals surface area contributed by atoms with Crippen molar-refractivity contribution in [3.8, 4) is 11.5 Å². The second-order valence-corrected chi connectivity index (χ2v) is 13.9. The Labute approximate surface area is 258 Å². The van der Waals surface area contributed by atoms with Gasteiger partial charge >= 0.3 is 20.6 Å². The van der Waals surface area contributed by atoms with Crippen LogP contribution in [-0.4, -0.2) is 28.3 Å². The summed E-state index contributed by atoms with van der Waals surface area (Å²) >= 11 is 2.09. The Hall–Kier alpha value is -2.05. The molecule has 8 nitrogen and oxygen atoms in total. The molecular weight excluding hydrogens is 593 g/mol. The lowest BCUT2D eigenvalue weighted by Crippen LogP contribution is -2.18. The van der Waals surface area contributed by atoms with Crippen LogP contribution in [0.5, 0.6) is 11.5 Å². The van der Waals surface area contributed by atoms with Gasteiger partial charge in [-0.3, -0.25) is 0 Å². The average Bonchev–Trinajstić information content (AvgIpc) is 2.91. The highest BCUT2D eigenvalue weighted by atomic mass is 32.2. The molecule has 0 heterocycles. The van der Waals surface area contributed by atoms with E-state index in [9.17, 15) is 16.8 Å². The largest absolute Gasteiger partial charge is 0.380 e. The van der Waals surface area contributed by atoms with Gasteiger partial charge in [-0.15, -0.1) is 0 Å². The minimum absolute atomic E-state index is 0.136. The fraction of sp³-hybridized carbons (Fsp3) is 0.548. The Morgan fingerprint density at radius 1 is 0.643 bits per heavy atom. The molecule has 0 aromatic heterocycles. The predicted octanol–water partition coefficient (Wildman–Crippen LogP) is 7.61. The van der Waals surface area contributed by atoms with E-state index in [4.69, 9.17) is 18.6 Å². The smallest absolute Gasteiger partial charge is 0.371 e. The standard InChI is InChI=1S/C31H48N2O6S3/c1-3-5-13-23-40-24-14-11-9-7-6-8-10-12-18-31(26-19-21-28(22-20-26)38-41(32,34)35)30(4-2)27-16-15-17-29(25-27)39-42(33,36)37/h15-17,19-22,25H,3-14,18,23-24H2,1-2H3,(H2,32,34,35)(H2,33,36,37)/b31-30+. The number of benzene rings is 2. The van der Waals surface area contributed by atoms with Crippen molar-refractivity contribution in [3.05, 3.63) is 59.7 Å². The second-order valence-electron chi connectivity index (χ2n) is 10.4. The van der Waals surface area contributed by atoms with Crippen LogP contribution >= 0.6 is 11.8 Å². The Morgan fingerprint density at radius 2 is 1.19 bits per heavy atom. The lowest BCUT2D eigenvalue weighted by Gasteiger charge is -2.17. The third-order valence-corrected chi connectivity index (χ3v) is 8.89. The normalized spacial score (nSPS) is 12.7. The van der Waals surface area contributed by atoms with Gasteiger partial charge in [0.05, 0.1) is 0 Å². The molecule has 0 aliphatic heterocycles. The molecule has 0 spiro atoms. The summed E-state index contributed by atoms with van der Waals surface area (Å²) in [5, 5.41) is 10.1. The minimum Gasteiger partial charge on any atom is -0.371 e. The average molecular weight is 641 g/mol. The fourth-order valence-corrected chi connectivity index (χ4v) is 6.67. The summed E-state index contributed by atoms with van der Waals surface area (Å²) in [6, 6.07) is 13.7. The molecule has 0 radical (unpaired) electrons. The Bertz CT molecular complexity index is 1310. The molecular formula is C31H48N2O6S3. The number of thioether (sulfide) groups is 1. The zero-order valence-corrected chi connectivity index (χ0v) is 27.5. The first-order valence-corrected chi connectivity index (χ1v) is 19.1. The predicted molar refractivity (Wildman–Crippen MR) is 176 cm³/mol. The molecule has 42 heavy (non-hydrogen) atoms. The molecule has 0 amide bonds. The summed E-state index contributed by atoms with van der Waals surface area (Å²) in [5.74, 6) is 2.86. The Balaban J connectivity index is 2.03. The molecule has 0 bridgehead atoms. The van der Waals surface area contributed by atoms with E-state index in [1.54, 1.807) is 30.3 Å². The van der Waals surface area contributed by atoms with Gasteiger partial charge in [-0.05, 0) is 90.1 Å². The third-order valence-electron chi connectivity index (χ3n) is 6.89. The molecule has 0 saturated carbocycles. The van der Waals surface area contributed by atoms with Crippen molar-refractivity contribution in [2.75, 3.05) is 11.5 Å². The van der Waals surface area contributed by atoms with E-state index in [2.05, 4.69) is 18.7 Å². The van der Waals surface area contributed by atoms with Crippen LogP contribution in [0.4, 0.5) is 0 Å². The highest BCUT2D eigenvalue weighted by molar-refractivity contribution is 7.99. The summed E-state index contributed by atoms with van der Waals surface area (Å²) < 4.78 is 55.3. The van der Waals surface area contributed by atoms with Gasteiger partial charge in [-0.2, -0.15) is 38.9 Å². The van der Waals surface area contributed by atoms with Crippen molar-refractivity contribution in [1.29, 1.82) is 0 Å². The van der Waals surface area contributed by atoms with E-state index in [-0.39, 0.29) is 11.5 Å². The molecule has 0 aliphatic carbocycles. The van der Waals surface area contributed by atoms with E-state index >= 15 is 0 Å². The number of unbranched alkanes of at least 4 members (excludes halogenated alkanes) is 9. The summed E-state index contributed by atoms with van der Waals surface area (Å²) in [5.41, 5.74) is 3.91. The van der Waals surface area contributed by atoms with E-state index < -0.39 is 20.6 Å². The van der Waals surface area contributed by atoms with Crippen LogP contribution in [0.25, 0.3) is 11.1 Å². The number of allylic oxidation sites excluding steroid dienone is 2. The van der Waals surface area contributed by atoms with Crippen LogP contribution in [0.1, 0.15) is 108 Å². The quantitative estimate of drug-likeness (QED) is 0.0997. The zero-order valence-electron chi connectivity index (χ0n) is 25.1. The number of hydrogen-bond donors (Lipinski definition) is 2. The first-order chi connectivity index (χ1) is 20.0. The Kier molecular flexibility index (Phi) is 16.6. The molecule has 2 aromatic rings. The van der Waals surface area contributed by atoms with Crippen molar-refractivity contribution in [3.63, 3.8) is 0 Å². The van der Waals surface area contributed by atoms with Gasteiger partial charge in [0.25, 0.3) is 0 Å². The lowest BCUT2D eigenvalue weighted by molar-refractivity contribution is 0.485. The molecule has 0 unspecified atom stereocenters. The third kappa shape index (κ3) is 15.4. The number of hydrogen-bond acceptors (Lipinski definition) is 7. The second kappa shape index (κ2) is 19.3. The van der Waals surface area contributed by atoms with Gasteiger partial charge in [-0.25, -0.2) is 0 Å². The lowest BCUT2D eigenvalue weighted by atomic mass is 9.89. The zero-order chi connectivity index (χ0) is 30.8. The Morgan fingerprint density at radius 3 is 1.76 bits per heavy atom. The molecule has 11 heteroatoms. The van der Waals surface area contributed by atoms with Crippen molar-refractivity contribution in [2.24, 2.45) is 10.3 Å². The van der Waals surface area contributed by atoms with Gasteiger partial charge < -0.3 is 8.37 Å². The maximum atomic E-state index is 11.5. The summed E-state index contributed by atoms with van der Waals surface area (Å²) in [6.45, 7) is 4.29. The van der Waals surface area contributed by atoms with Gasteiger partial charge in [-0.1, -0.05) is 89.5 Å². The van der Waals surface area contributed by atoms with Crippen LogP contribution in [0.3, 0.4) is 0 Å². The van der Waals surface area contributed by atoms with Crippen LogP contribution in [0, 0.1) is 0 Å². The topological polar surface area (TPSA) is 139 Å². The van der Waals surface area contributed by atoms with E-state index in [1.807, 2.05) is 25.1 Å². The molecule has 2 rings (SSSR count). The summed E-state index contributed by atoms with van der Waals surface area (Å²) in [6.07, 6.45) is 15.2. The molecule has 236 valence electrons. The maximum Gasteiger partial charge on any atom is 0.380 e. The molecule has 0 aliphatic rings. The van der Waals surface area contributed by atoms with Gasteiger partial charge in [0, 0.05) is 0 Å². The fourth-order valence-electron chi connectivity index (χ4n) is 4.90. The number of rotatable bonds is 22. The highest BCUT2D eigenvalue weighted by Gasteiger charge is 2.14. The highest BCUT2D eigenvalue weighted by Crippen LogP contribution is 2.35. The van der Waals surface area contributed by atoms with E-state index in [1.165, 1.54) is 69.3 Å². The van der Waals surface area contributed by atoms with Crippen molar-refractivity contribution >= 4 is 43.5 Å².